The third-order valence-corrected chi connectivity index (χ3v) is 3.00. The monoisotopic (exact) mass is 247 g/mol. The highest BCUT2D eigenvalue weighted by molar-refractivity contribution is 4.76. The van der Waals surface area contributed by atoms with Crippen molar-refractivity contribution in [2.24, 2.45) is 0 Å². The topological polar surface area (TPSA) is 51.2 Å². The first-order valence-electron chi connectivity index (χ1n) is 6.31. The quantitative estimate of drug-likeness (QED) is 0.618. The van der Waals surface area contributed by atoms with Gasteiger partial charge in [-0.15, -0.1) is 0 Å². The highest BCUT2D eigenvalue weighted by atomic mass is 16.5. The van der Waals surface area contributed by atoms with Crippen LogP contribution in [0.4, 0.5) is 0 Å². The molecule has 1 aliphatic heterocycles. The molecular formula is C12H25NO4. The minimum atomic E-state index is -0.0420. The van der Waals surface area contributed by atoms with Gasteiger partial charge in [-0.05, 0) is 13.3 Å². The predicted octanol–water partition coefficient (Wildman–Crippen LogP) is 0.121. The molecule has 2 unspecified atom stereocenters. The molecular weight excluding hydrogens is 222 g/mol. The third-order valence-electron chi connectivity index (χ3n) is 3.00. The fourth-order valence-corrected chi connectivity index (χ4v) is 1.89. The minimum Gasteiger partial charge on any atom is -0.394 e. The van der Waals surface area contributed by atoms with Crippen molar-refractivity contribution in [3.63, 3.8) is 0 Å². The maximum Gasteiger partial charge on any atom is 0.0933 e. The molecule has 0 radical (unpaired) electrons. The summed E-state index contributed by atoms with van der Waals surface area (Å²) in [5.74, 6) is 0. The Morgan fingerprint density at radius 3 is 2.88 bits per heavy atom. The van der Waals surface area contributed by atoms with E-state index < -0.39 is 0 Å². The maximum absolute atomic E-state index is 9.07. The molecule has 1 aliphatic rings. The second-order valence-corrected chi connectivity index (χ2v) is 4.44. The zero-order chi connectivity index (χ0) is 12.5. The van der Waals surface area contributed by atoms with Crippen molar-refractivity contribution in [3.8, 4) is 0 Å². The SMILES string of the molecule is COCCCOCCN1CC(CO)OCC1C. The summed E-state index contributed by atoms with van der Waals surface area (Å²) in [7, 11) is 1.70. The van der Waals surface area contributed by atoms with Crippen LogP contribution in [0.25, 0.3) is 0 Å². The van der Waals surface area contributed by atoms with Crippen molar-refractivity contribution >= 4 is 0 Å². The summed E-state index contributed by atoms with van der Waals surface area (Å²) >= 11 is 0. The highest BCUT2D eigenvalue weighted by Gasteiger charge is 2.24. The average molecular weight is 247 g/mol. The molecule has 5 nitrogen and oxygen atoms in total. The van der Waals surface area contributed by atoms with Gasteiger partial charge in [-0.2, -0.15) is 0 Å². The summed E-state index contributed by atoms with van der Waals surface area (Å²) in [6.45, 7) is 6.83. The molecule has 0 amide bonds. The van der Waals surface area contributed by atoms with Gasteiger partial charge in [0.2, 0.25) is 0 Å². The summed E-state index contributed by atoms with van der Waals surface area (Å²) < 4.78 is 16.0. The molecule has 0 spiro atoms. The lowest BCUT2D eigenvalue weighted by molar-refractivity contribution is -0.0831. The summed E-state index contributed by atoms with van der Waals surface area (Å²) in [5, 5.41) is 9.07. The molecule has 17 heavy (non-hydrogen) atoms. The predicted molar refractivity (Wildman–Crippen MR) is 65.2 cm³/mol. The molecule has 5 heteroatoms. The van der Waals surface area contributed by atoms with E-state index in [-0.39, 0.29) is 12.7 Å². The first-order valence-corrected chi connectivity index (χ1v) is 6.31. The average Bonchev–Trinajstić information content (AvgIpc) is 2.35. The van der Waals surface area contributed by atoms with E-state index in [2.05, 4.69) is 11.8 Å². The van der Waals surface area contributed by atoms with E-state index >= 15 is 0 Å². The Kier molecular flexibility index (Phi) is 7.72. The van der Waals surface area contributed by atoms with E-state index in [9.17, 15) is 0 Å². The van der Waals surface area contributed by atoms with Crippen molar-refractivity contribution in [1.29, 1.82) is 0 Å². The van der Waals surface area contributed by atoms with Crippen LogP contribution in [0, 0.1) is 0 Å². The van der Waals surface area contributed by atoms with E-state index in [1.807, 2.05) is 0 Å². The largest absolute Gasteiger partial charge is 0.394 e. The zero-order valence-corrected chi connectivity index (χ0v) is 10.9. The lowest BCUT2D eigenvalue weighted by atomic mass is 10.2. The van der Waals surface area contributed by atoms with Gasteiger partial charge in [0.25, 0.3) is 0 Å². The zero-order valence-electron chi connectivity index (χ0n) is 10.9. The summed E-state index contributed by atoms with van der Waals surface area (Å²) in [6.07, 6.45) is 0.897. The molecule has 2 atom stereocenters. The van der Waals surface area contributed by atoms with Gasteiger partial charge >= 0.3 is 0 Å². The molecule has 0 bridgehead atoms. The van der Waals surface area contributed by atoms with Crippen molar-refractivity contribution in [1.82, 2.24) is 4.90 Å². The molecule has 102 valence electrons. The van der Waals surface area contributed by atoms with Crippen LogP contribution in [0.1, 0.15) is 13.3 Å². The lowest BCUT2D eigenvalue weighted by Crippen LogP contribution is -2.50. The van der Waals surface area contributed by atoms with Crippen LogP contribution in [0.5, 0.6) is 0 Å². The number of ether oxygens (including phenoxy) is 3. The molecule has 1 saturated heterocycles. The second-order valence-electron chi connectivity index (χ2n) is 4.44. The Bertz CT molecular complexity index is 191. The summed E-state index contributed by atoms with van der Waals surface area (Å²) in [6, 6.07) is 0.403. The fourth-order valence-electron chi connectivity index (χ4n) is 1.89. The number of methoxy groups -OCH3 is 1. The van der Waals surface area contributed by atoms with E-state index in [0.29, 0.717) is 12.6 Å². The Balaban J connectivity index is 2.07. The van der Waals surface area contributed by atoms with Gasteiger partial charge in [-0.25, -0.2) is 0 Å². The van der Waals surface area contributed by atoms with Crippen LogP contribution >= 0.6 is 0 Å². The van der Waals surface area contributed by atoms with Crippen molar-refractivity contribution in [3.05, 3.63) is 0 Å². The summed E-state index contributed by atoms with van der Waals surface area (Å²) in [4.78, 5) is 2.31. The Hall–Kier alpha value is -0.200. The smallest absolute Gasteiger partial charge is 0.0933 e. The van der Waals surface area contributed by atoms with E-state index in [0.717, 1.165) is 39.3 Å². The van der Waals surface area contributed by atoms with E-state index in [1.54, 1.807) is 7.11 Å². The Labute approximate surface area is 104 Å². The van der Waals surface area contributed by atoms with Crippen LogP contribution in [0.2, 0.25) is 0 Å². The van der Waals surface area contributed by atoms with Gasteiger partial charge in [-0.1, -0.05) is 0 Å². The first kappa shape index (κ1) is 14.9. The fraction of sp³-hybridized carbons (Fsp3) is 1.00. The number of aliphatic hydroxyl groups is 1. The molecule has 0 aromatic rings. The highest BCUT2D eigenvalue weighted by Crippen LogP contribution is 2.10. The number of hydrogen-bond donors (Lipinski definition) is 1. The molecule has 1 rings (SSSR count). The molecule has 0 aromatic heterocycles. The molecule has 0 aromatic carbocycles. The van der Waals surface area contributed by atoms with Crippen LogP contribution in [-0.2, 0) is 14.2 Å². The van der Waals surface area contributed by atoms with E-state index in [1.165, 1.54) is 0 Å². The molecule has 1 heterocycles. The van der Waals surface area contributed by atoms with Gasteiger partial charge in [0.1, 0.15) is 0 Å². The molecule has 1 N–H and O–H groups in total. The van der Waals surface area contributed by atoms with Gasteiger partial charge < -0.3 is 19.3 Å². The molecule has 1 fully saturated rings. The van der Waals surface area contributed by atoms with Crippen LogP contribution in [0.15, 0.2) is 0 Å². The Morgan fingerprint density at radius 1 is 1.35 bits per heavy atom. The maximum atomic E-state index is 9.07. The lowest BCUT2D eigenvalue weighted by Gasteiger charge is -2.37. The van der Waals surface area contributed by atoms with Crippen LogP contribution < -0.4 is 0 Å². The first-order chi connectivity index (χ1) is 8.27. The third kappa shape index (κ3) is 5.79. The van der Waals surface area contributed by atoms with Crippen LogP contribution in [0.3, 0.4) is 0 Å². The number of hydrogen-bond acceptors (Lipinski definition) is 5. The van der Waals surface area contributed by atoms with Crippen molar-refractivity contribution in [2.45, 2.75) is 25.5 Å². The summed E-state index contributed by atoms with van der Waals surface area (Å²) in [5.41, 5.74) is 0. The molecule has 0 saturated carbocycles. The number of nitrogens with zero attached hydrogens (tertiary/aromatic N) is 1. The second kappa shape index (κ2) is 8.83. The number of morpholine rings is 1. The van der Waals surface area contributed by atoms with Gasteiger partial charge in [0, 0.05) is 39.5 Å². The van der Waals surface area contributed by atoms with E-state index in [4.69, 9.17) is 19.3 Å². The van der Waals surface area contributed by atoms with Crippen molar-refractivity contribution in [2.75, 3.05) is 53.2 Å². The van der Waals surface area contributed by atoms with Gasteiger partial charge in [0.05, 0.1) is 25.9 Å². The van der Waals surface area contributed by atoms with Crippen LogP contribution in [-0.4, -0.2) is 75.4 Å². The van der Waals surface area contributed by atoms with Gasteiger partial charge in [-0.3, -0.25) is 4.90 Å². The van der Waals surface area contributed by atoms with Crippen molar-refractivity contribution < 1.29 is 19.3 Å². The standard InChI is InChI=1S/C12H25NO4/c1-11-10-17-12(9-14)8-13(11)4-7-16-6-3-5-15-2/h11-12,14H,3-10H2,1-2H3. The molecule has 0 aliphatic carbocycles. The Morgan fingerprint density at radius 2 is 2.18 bits per heavy atom. The number of rotatable bonds is 8. The van der Waals surface area contributed by atoms with Gasteiger partial charge in [0.15, 0.2) is 0 Å². The normalized spacial score (nSPS) is 26.3. The minimum absolute atomic E-state index is 0.0420. The number of aliphatic hydroxyl groups excluding tert-OH is 1.